The van der Waals surface area contributed by atoms with Crippen LogP contribution in [-0.4, -0.2) is 27.1 Å². The summed E-state index contributed by atoms with van der Waals surface area (Å²) in [4.78, 5) is 12.4. The largest absolute Gasteiger partial charge is 0.326 e. The molecule has 1 amide bonds. The minimum Gasteiger partial charge on any atom is -0.326 e. The summed E-state index contributed by atoms with van der Waals surface area (Å²) < 4.78 is 25.4. The first-order valence-electron chi connectivity index (χ1n) is 8.19. The van der Waals surface area contributed by atoms with E-state index < -0.39 is 10.0 Å². The Hall–Kier alpha value is -2.05. The Bertz CT molecular complexity index is 886. The molecule has 0 saturated carbocycles. The van der Waals surface area contributed by atoms with Gasteiger partial charge in [-0.1, -0.05) is 29.3 Å². The predicted molar refractivity (Wildman–Crippen MR) is 108 cm³/mol. The van der Waals surface area contributed by atoms with E-state index in [4.69, 9.17) is 11.6 Å². The first-order valence-corrected chi connectivity index (χ1v) is 10.4. The summed E-state index contributed by atoms with van der Waals surface area (Å²) in [5.41, 5.74) is 4.34. The lowest BCUT2D eigenvalue weighted by atomic mass is 10.1. The highest BCUT2D eigenvalue weighted by Crippen LogP contribution is 2.23. The Balaban J connectivity index is 2.12. The number of sulfonamides is 1. The van der Waals surface area contributed by atoms with Crippen molar-refractivity contribution in [2.75, 3.05) is 22.4 Å². The van der Waals surface area contributed by atoms with Gasteiger partial charge >= 0.3 is 0 Å². The Morgan fingerprint density at radius 3 is 2.12 bits per heavy atom. The molecule has 0 aliphatic rings. The molecule has 0 spiro atoms. The molecule has 0 heterocycles. The Kier molecular flexibility index (Phi) is 6.31. The highest BCUT2D eigenvalue weighted by atomic mass is 35.5. The highest BCUT2D eigenvalue weighted by Gasteiger charge is 2.19. The highest BCUT2D eigenvalue weighted by molar-refractivity contribution is 7.92. The zero-order valence-electron chi connectivity index (χ0n) is 15.3. The minimum absolute atomic E-state index is 0.0441. The molecule has 5 nitrogen and oxygen atoms in total. The van der Waals surface area contributed by atoms with Gasteiger partial charge in [-0.25, -0.2) is 8.42 Å². The van der Waals surface area contributed by atoms with Crippen molar-refractivity contribution in [3.8, 4) is 0 Å². The number of hydrogen-bond acceptors (Lipinski definition) is 3. The number of carbonyl (C=O) groups is 1. The molecule has 0 bridgehead atoms. The van der Waals surface area contributed by atoms with Gasteiger partial charge in [0, 0.05) is 23.7 Å². The topological polar surface area (TPSA) is 66.5 Å². The van der Waals surface area contributed by atoms with Gasteiger partial charge in [0.05, 0.1) is 11.9 Å². The number of aryl methyl sites for hydroxylation is 3. The lowest BCUT2D eigenvalue weighted by molar-refractivity contribution is -0.116. The molecule has 0 aliphatic carbocycles. The zero-order valence-corrected chi connectivity index (χ0v) is 16.9. The lowest BCUT2D eigenvalue weighted by Crippen LogP contribution is -2.33. The van der Waals surface area contributed by atoms with Crippen LogP contribution in [0.25, 0.3) is 0 Å². The van der Waals surface area contributed by atoms with Gasteiger partial charge in [-0.2, -0.15) is 0 Å². The minimum atomic E-state index is -3.51. The summed E-state index contributed by atoms with van der Waals surface area (Å²) >= 11 is 5.86. The third-order valence-electron chi connectivity index (χ3n) is 4.00. The van der Waals surface area contributed by atoms with Crippen LogP contribution in [0, 0.1) is 20.8 Å². The van der Waals surface area contributed by atoms with Gasteiger partial charge in [0.2, 0.25) is 15.9 Å². The van der Waals surface area contributed by atoms with E-state index in [0.717, 1.165) is 28.6 Å². The average molecular weight is 395 g/mol. The first kappa shape index (κ1) is 20.3. The number of nitrogens with zero attached hydrogens (tertiary/aromatic N) is 1. The number of hydrogen-bond donors (Lipinski definition) is 1. The van der Waals surface area contributed by atoms with E-state index in [9.17, 15) is 13.2 Å². The van der Waals surface area contributed by atoms with Gasteiger partial charge < -0.3 is 5.32 Å². The Morgan fingerprint density at radius 1 is 1.08 bits per heavy atom. The van der Waals surface area contributed by atoms with E-state index in [0.29, 0.717) is 10.7 Å². The van der Waals surface area contributed by atoms with Crippen LogP contribution < -0.4 is 9.62 Å². The van der Waals surface area contributed by atoms with Crippen molar-refractivity contribution < 1.29 is 13.2 Å². The molecule has 7 heteroatoms. The van der Waals surface area contributed by atoms with Gasteiger partial charge in [0.15, 0.2) is 0 Å². The molecular weight excluding hydrogens is 372 g/mol. The first-order chi connectivity index (χ1) is 12.1. The second-order valence-corrected chi connectivity index (χ2v) is 8.73. The smallest absolute Gasteiger partial charge is 0.232 e. The van der Waals surface area contributed by atoms with Crippen molar-refractivity contribution in [2.45, 2.75) is 27.2 Å². The van der Waals surface area contributed by atoms with Crippen molar-refractivity contribution in [3.05, 3.63) is 58.1 Å². The molecule has 0 atom stereocenters. The third kappa shape index (κ3) is 5.22. The number of halogens is 1. The fraction of sp³-hybridized carbons (Fsp3) is 0.316. The summed E-state index contributed by atoms with van der Waals surface area (Å²) in [6.45, 7) is 5.93. The van der Waals surface area contributed by atoms with Crippen LogP contribution in [0.5, 0.6) is 0 Å². The normalized spacial score (nSPS) is 11.3. The predicted octanol–water partition coefficient (Wildman–Crippen LogP) is 4.06. The van der Waals surface area contributed by atoms with Crippen LogP contribution in [0.15, 0.2) is 36.4 Å². The molecule has 0 saturated heterocycles. The second-order valence-electron chi connectivity index (χ2n) is 6.38. The molecular formula is C19H23ClN2O3S. The van der Waals surface area contributed by atoms with E-state index >= 15 is 0 Å². The van der Waals surface area contributed by atoms with Gasteiger partial charge in [-0.3, -0.25) is 9.10 Å². The molecule has 2 aromatic rings. The fourth-order valence-corrected chi connectivity index (χ4v) is 3.93. The molecule has 0 fully saturated rings. The summed E-state index contributed by atoms with van der Waals surface area (Å²) in [5.74, 6) is -0.234. The quantitative estimate of drug-likeness (QED) is 0.803. The third-order valence-corrected chi connectivity index (χ3v) is 5.44. The summed E-state index contributed by atoms with van der Waals surface area (Å²) in [5, 5.41) is 3.41. The molecule has 0 aromatic heterocycles. The number of rotatable bonds is 6. The lowest BCUT2D eigenvalue weighted by Gasteiger charge is -2.22. The van der Waals surface area contributed by atoms with Gasteiger partial charge in [-0.15, -0.1) is 0 Å². The van der Waals surface area contributed by atoms with E-state index in [1.165, 1.54) is 4.31 Å². The second kappa shape index (κ2) is 8.10. The van der Waals surface area contributed by atoms with E-state index in [1.54, 1.807) is 24.3 Å². The van der Waals surface area contributed by atoms with Crippen molar-refractivity contribution in [1.29, 1.82) is 0 Å². The molecule has 26 heavy (non-hydrogen) atoms. The molecule has 0 radical (unpaired) electrons. The van der Waals surface area contributed by atoms with Crippen molar-refractivity contribution in [1.82, 2.24) is 0 Å². The van der Waals surface area contributed by atoms with E-state index in [2.05, 4.69) is 5.32 Å². The summed E-state index contributed by atoms with van der Waals surface area (Å²) in [6.07, 6.45) is 1.16. The molecule has 0 aliphatic heterocycles. The van der Waals surface area contributed by atoms with E-state index in [-0.39, 0.29) is 18.9 Å². The summed E-state index contributed by atoms with van der Waals surface area (Å²) in [6, 6.07) is 10.5. The van der Waals surface area contributed by atoms with Crippen LogP contribution in [0.4, 0.5) is 11.4 Å². The van der Waals surface area contributed by atoms with Gasteiger partial charge in [0.25, 0.3) is 0 Å². The van der Waals surface area contributed by atoms with Gasteiger partial charge in [-0.05, 0) is 56.2 Å². The number of anilines is 2. The van der Waals surface area contributed by atoms with Crippen LogP contribution >= 0.6 is 11.6 Å². The van der Waals surface area contributed by atoms with Gasteiger partial charge in [0.1, 0.15) is 0 Å². The number of nitrogens with one attached hydrogen (secondary N) is 1. The SMILES string of the molecule is Cc1cc(C)c(NC(=O)CCN(c2ccc(Cl)cc2)S(C)(=O)=O)c(C)c1. The fourth-order valence-electron chi connectivity index (χ4n) is 2.88. The van der Waals surface area contributed by atoms with Crippen molar-refractivity contribution >= 4 is 38.9 Å². The van der Waals surface area contributed by atoms with E-state index in [1.807, 2.05) is 32.9 Å². The maximum absolute atomic E-state index is 12.4. The van der Waals surface area contributed by atoms with Crippen LogP contribution in [0.3, 0.4) is 0 Å². The Morgan fingerprint density at radius 2 is 1.62 bits per heavy atom. The summed E-state index contributed by atoms with van der Waals surface area (Å²) in [7, 11) is -3.51. The standard InChI is InChI=1S/C19H23ClN2O3S/c1-13-11-14(2)19(15(3)12-13)21-18(23)9-10-22(26(4,24)25)17-7-5-16(20)6-8-17/h5-8,11-12H,9-10H2,1-4H3,(H,21,23). The van der Waals surface area contributed by atoms with Crippen LogP contribution in [0.2, 0.25) is 5.02 Å². The molecule has 1 N–H and O–H groups in total. The zero-order chi connectivity index (χ0) is 19.5. The number of carbonyl (C=O) groups excluding carboxylic acids is 1. The molecule has 2 aromatic carbocycles. The Labute approximate surface area is 160 Å². The molecule has 2 rings (SSSR count). The number of amides is 1. The molecule has 140 valence electrons. The maximum atomic E-state index is 12.4. The monoisotopic (exact) mass is 394 g/mol. The van der Waals surface area contributed by atoms with Crippen LogP contribution in [0.1, 0.15) is 23.1 Å². The average Bonchev–Trinajstić information content (AvgIpc) is 2.51. The van der Waals surface area contributed by atoms with Crippen molar-refractivity contribution in [3.63, 3.8) is 0 Å². The number of benzene rings is 2. The molecule has 0 unspecified atom stereocenters. The van der Waals surface area contributed by atoms with Crippen molar-refractivity contribution in [2.24, 2.45) is 0 Å². The van der Waals surface area contributed by atoms with Crippen LogP contribution in [-0.2, 0) is 14.8 Å². The maximum Gasteiger partial charge on any atom is 0.232 e.